The monoisotopic (exact) mass is 502 g/mol. The summed E-state index contributed by atoms with van der Waals surface area (Å²) in [6.07, 6.45) is 0. The number of methoxy groups -OCH3 is 1. The summed E-state index contributed by atoms with van der Waals surface area (Å²) in [6.45, 7) is 1.16. The Bertz CT molecular complexity index is 1500. The number of rotatable bonds is 8. The van der Waals surface area contributed by atoms with Crippen LogP contribution in [0.2, 0.25) is 5.02 Å². The Morgan fingerprint density at radius 2 is 1.89 bits per heavy atom. The van der Waals surface area contributed by atoms with E-state index in [0.717, 1.165) is 33.9 Å². The molecule has 2 aromatic heterocycles. The molecule has 1 amide bonds. The summed E-state index contributed by atoms with van der Waals surface area (Å²) < 4.78 is 7.44. The molecule has 5 aromatic rings. The Morgan fingerprint density at radius 3 is 2.61 bits per heavy atom. The number of hydrogen-bond acceptors (Lipinski definition) is 7. The van der Waals surface area contributed by atoms with Crippen LogP contribution in [0.1, 0.15) is 21.5 Å². The summed E-state index contributed by atoms with van der Waals surface area (Å²) in [6, 6.07) is 21.0. The number of halogens is 1. The van der Waals surface area contributed by atoms with Crippen LogP contribution < -0.4 is 15.0 Å². The number of nitrogens with one attached hydrogen (secondary N) is 2. The molecule has 0 unspecified atom stereocenters. The summed E-state index contributed by atoms with van der Waals surface area (Å²) in [5, 5.41) is 16.5. The molecule has 0 saturated heterocycles. The molecule has 2 heterocycles. The summed E-state index contributed by atoms with van der Waals surface area (Å²) in [4.78, 5) is 19.5. The molecule has 0 fully saturated rings. The van der Waals surface area contributed by atoms with Crippen molar-refractivity contribution in [3.05, 3.63) is 88.4 Å². The van der Waals surface area contributed by atoms with E-state index in [1.54, 1.807) is 19.2 Å². The van der Waals surface area contributed by atoms with E-state index < -0.39 is 0 Å². The van der Waals surface area contributed by atoms with E-state index in [1.165, 1.54) is 0 Å². The second-order valence-electron chi connectivity index (χ2n) is 8.20. The highest BCUT2D eigenvalue weighted by atomic mass is 35.5. The van der Waals surface area contributed by atoms with Crippen molar-refractivity contribution >= 4 is 40.4 Å². The number of aryl methyl sites for hydroxylation is 1. The van der Waals surface area contributed by atoms with E-state index >= 15 is 0 Å². The highest BCUT2D eigenvalue weighted by Crippen LogP contribution is 2.27. The molecule has 0 bridgehead atoms. The molecule has 3 aromatic carbocycles. The normalized spacial score (nSPS) is 11.0. The Labute approximate surface area is 211 Å². The highest BCUT2D eigenvalue weighted by Gasteiger charge is 2.18. The van der Waals surface area contributed by atoms with Gasteiger partial charge in [-0.25, -0.2) is 4.98 Å². The topological polar surface area (TPSA) is 114 Å². The summed E-state index contributed by atoms with van der Waals surface area (Å²) in [5.74, 6) is 1.36. The van der Waals surface area contributed by atoms with Gasteiger partial charge >= 0.3 is 0 Å². The number of aromatic amines is 1. The molecule has 36 heavy (non-hydrogen) atoms. The number of aromatic nitrogens is 6. The number of imidazole rings is 1. The third kappa shape index (κ3) is 4.98. The predicted octanol–water partition coefficient (Wildman–Crippen LogP) is 4.21. The van der Waals surface area contributed by atoms with Crippen LogP contribution in [0.15, 0.2) is 66.7 Å². The minimum atomic E-state index is -0.317. The lowest BCUT2D eigenvalue weighted by Gasteiger charge is -2.24. The molecule has 5 rings (SSSR count). The van der Waals surface area contributed by atoms with Gasteiger partial charge in [-0.1, -0.05) is 41.0 Å². The zero-order chi connectivity index (χ0) is 25.1. The zero-order valence-electron chi connectivity index (χ0n) is 19.6. The number of H-pyrrole nitrogens is 1. The second kappa shape index (κ2) is 10.0. The first-order chi connectivity index (χ1) is 17.5. The van der Waals surface area contributed by atoms with Crippen LogP contribution >= 0.6 is 11.6 Å². The molecule has 0 aliphatic heterocycles. The van der Waals surface area contributed by atoms with Crippen molar-refractivity contribution in [1.29, 1.82) is 0 Å². The van der Waals surface area contributed by atoms with Gasteiger partial charge in [0.15, 0.2) is 0 Å². The molecule has 0 spiro atoms. The molecule has 182 valence electrons. The first-order valence-corrected chi connectivity index (χ1v) is 11.5. The van der Waals surface area contributed by atoms with Crippen molar-refractivity contribution in [3.8, 4) is 5.75 Å². The first-order valence-electron chi connectivity index (χ1n) is 11.1. The molecule has 0 saturated carbocycles. The number of amides is 1. The molecule has 0 radical (unpaired) electrons. The predicted molar refractivity (Wildman–Crippen MR) is 137 cm³/mol. The average molecular weight is 503 g/mol. The minimum absolute atomic E-state index is 0.121. The van der Waals surface area contributed by atoms with Gasteiger partial charge < -0.3 is 14.2 Å². The fourth-order valence-electron chi connectivity index (χ4n) is 4.00. The van der Waals surface area contributed by atoms with Gasteiger partial charge in [0, 0.05) is 36.8 Å². The lowest BCUT2D eigenvalue weighted by Crippen LogP contribution is -2.25. The van der Waals surface area contributed by atoms with E-state index in [4.69, 9.17) is 21.3 Å². The second-order valence-corrected chi connectivity index (χ2v) is 8.63. The van der Waals surface area contributed by atoms with Gasteiger partial charge in [-0.3, -0.25) is 10.1 Å². The quantitative estimate of drug-likeness (QED) is 0.326. The number of fused-ring (bicyclic) bond motifs is 1. The number of carbonyl (C=O) groups is 1. The highest BCUT2D eigenvalue weighted by molar-refractivity contribution is 6.30. The van der Waals surface area contributed by atoms with Crippen LogP contribution in [0.4, 0.5) is 11.9 Å². The van der Waals surface area contributed by atoms with Gasteiger partial charge in [0.05, 0.1) is 18.1 Å². The number of nitrogens with zero attached hydrogens (tertiary/aromatic N) is 6. The average Bonchev–Trinajstić information content (AvgIpc) is 3.51. The van der Waals surface area contributed by atoms with E-state index in [0.29, 0.717) is 23.7 Å². The SMILES string of the molecule is COc1ccc2c(c1)nc(N(Cc1ccc(C(=O)Nc3nn[nH]n3)cc1)Cc1cccc(Cl)c1)n2C. The van der Waals surface area contributed by atoms with Crippen molar-refractivity contribution in [2.75, 3.05) is 17.3 Å². The fourth-order valence-corrected chi connectivity index (χ4v) is 4.21. The Morgan fingerprint density at radius 1 is 1.08 bits per heavy atom. The van der Waals surface area contributed by atoms with Gasteiger partial charge in [0.25, 0.3) is 11.9 Å². The molecule has 0 aliphatic rings. The Balaban J connectivity index is 1.44. The lowest BCUT2D eigenvalue weighted by atomic mass is 10.1. The standard InChI is InChI=1S/C25H23ClN8O2/c1-33-22-11-10-20(36-2)13-21(22)27-25(33)34(15-17-4-3-5-19(26)12-17)14-16-6-8-18(9-7-16)23(35)28-24-29-31-32-30-24/h3-13H,14-15H2,1-2H3,(H2,28,29,30,31,32,35). The molecular weight excluding hydrogens is 480 g/mol. The summed E-state index contributed by atoms with van der Waals surface area (Å²) in [5.41, 5.74) is 4.40. The van der Waals surface area contributed by atoms with E-state index in [2.05, 4.69) is 35.4 Å². The van der Waals surface area contributed by atoms with Crippen LogP contribution in [-0.2, 0) is 20.1 Å². The van der Waals surface area contributed by atoms with Crippen LogP contribution in [0.3, 0.4) is 0 Å². The molecule has 10 nitrogen and oxygen atoms in total. The number of carbonyl (C=O) groups excluding carboxylic acids is 1. The van der Waals surface area contributed by atoms with E-state index in [9.17, 15) is 4.79 Å². The zero-order valence-corrected chi connectivity index (χ0v) is 20.4. The fraction of sp³-hybridized carbons (Fsp3) is 0.160. The van der Waals surface area contributed by atoms with Gasteiger partial charge in [0.2, 0.25) is 5.95 Å². The molecule has 11 heteroatoms. The molecule has 2 N–H and O–H groups in total. The van der Waals surface area contributed by atoms with Crippen molar-refractivity contribution in [2.24, 2.45) is 7.05 Å². The third-order valence-corrected chi connectivity index (χ3v) is 6.01. The van der Waals surface area contributed by atoms with Crippen LogP contribution in [0, 0.1) is 0 Å². The van der Waals surface area contributed by atoms with Gasteiger partial charge in [-0.15, -0.1) is 5.10 Å². The van der Waals surface area contributed by atoms with E-state index in [-0.39, 0.29) is 11.9 Å². The van der Waals surface area contributed by atoms with Gasteiger partial charge in [0.1, 0.15) is 5.75 Å². The lowest BCUT2D eigenvalue weighted by molar-refractivity contribution is 0.102. The number of hydrogen-bond donors (Lipinski definition) is 2. The summed E-state index contributed by atoms with van der Waals surface area (Å²) >= 11 is 6.26. The van der Waals surface area contributed by atoms with Crippen LogP contribution in [0.5, 0.6) is 5.75 Å². The van der Waals surface area contributed by atoms with Crippen molar-refractivity contribution < 1.29 is 9.53 Å². The number of anilines is 2. The molecule has 0 atom stereocenters. The minimum Gasteiger partial charge on any atom is -0.497 e. The third-order valence-electron chi connectivity index (χ3n) is 5.77. The largest absolute Gasteiger partial charge is 0.497 e. The number of tetrazole rings is 1. The Kier molecular flexibility index (Phi) is 6.50. The maximum atomic E-state index is 12.5. The van der Waals surface area contributed by atoms with Gasteiger partial charge in [-0.2, -0.15) is 5.21 Å². The maximum absolute atomic E-state index is 12.5. The van der Waals surface area contributed by atoms with Crippen molar-refractivity contribution in [1.82, 2.24) is 30.2 Å². The number of benzene rings is 3. The first kappa shape index (κ1) is 23.3. The van der Waals surface area contributed by atoms with E-state index in [1.807, 2.05) is 61.6 Å². The Hall–Kier alpha value is -4.44. The smallest absolute Gasteiger partial charge is 0.270 e. The van der Waals surface area contributed by atoms with Crippen molar-refractivity contribution in [2.45, 2.75) is 13.1 Å². The molecule has 0 aliphatic carbocycles. The van der Waals surface area contributed by atoms with Gasteiger partial charge in [-0.05, 0) is 52.7 Å². The summed E-state index contributed by atoms with van der Waals surface area (Å²) in [7, 11) is 3.64. The number of ether oxygens (including phenoxy) is 1. The van der Waals surface area contributed by atoms with Crippen molar-refractivity contribution in [3.63, 3.8) is 0 Å². The molecular formula is C25H23ClN8O2. The van der Waals surface area contributed by atoms with Crippen LogP contribution in [0.25, 0.3) is 11.0 Å². The maximum Gasteiger partial charge on any atom is 0.270 e. The van der Waals surface area contributed by atoms with Crippen LogP contribution in [-0.4, -0.2) is 43.2 Å².